The van der Waals surface area contributed by atoms with Crippen LogP contribution >= 0.6 is 0 Å². The molecule has 0 saturated carbocycles. The van der Waals surface area contributed by atoms with Crippen molar-refractivity contribution in [3.05, 3.63) is 30.0 Å². The quantitative estimate of drug-likeness (QED) is 0.758. The molecule has 1 unspecified atom stereocenters. The van der Waals surface area contributed by atoms with Crippen molar-refractivity contribution in [3.63, 3.8) is 0 Å². The van der Waals surface area contributed by atoms with Crippen LogP contribution in [0.25, 0.3) is 11.0 Å². The maximum atomic E-state index is 12.2. The number of piperidine rings is 1. The summed E-state index contributed by atoms with van der Waals surface area (Å²) < 4.78 is 34.9. The smallest absolute Gasteiger partial charge is 0.311 e. The number of benzene rings is 1. The molecule has 2 aromatic rings. The van der Waals surface area contributed by atoms with E-state index in [9.17, 15) is 8.42 Å². The number of nitrogens with zero attached hydrogens (tertiary/aromatic N) is 1. The Morgan fingerprint density at radius 3 is 2.71 bits per heavy atom. The molecule has 2 aliphatic heterocycles. The van der Waals surface area contributed by atoms with Crippen LogP contribution in [0.3, 0.4) is 0 Å². The van der Waals surface area contributed by atoms with Crippen molar-refractivity contribution in [1.82, 2.24) is 4.90 Å². The minimum atomic E-state index is -3.55. The predicted molar refractivity (Wildman–Crippen MR) is 78.8 cm³/mol. The zero-order valence-corrected chi connectivity index (χ0v) is 12.4. The Labute approximate surface area is 123 Å². The second-order valence-corrected chi connectivity index (χ2v) is 7.35. The molecule has 0 spiro atoms. The van der Waals surface area contributed by atoms with Gasteiger partial charge in [0.25, 0.3) is 0 Å². The zero-order chi connectivity index (χ0) is 14.4. The largest absolute Gasteiger partial charge is 0.464 e. The van der Waals surface area contributed by atoms with Crippen molar-refractivity contribution in [2.75, 3.05) is 18.8 Å². The maximum Gasteiger partial charge on any atom is 0.311 e. The number of hydrogen-bond acceptors (Lipinski definition) is 5. The highest BCUT2D eigenvalue weighted by atomic mass is 32.2. The fourth-order valence-corrected chi connectivity index (χ4v) is 4.65. The van der Waals surface area contributed by atoms with Crippen LogP contribution in [0.4, 0.5) is 0 Å². The first-order chi connectivity index (χ1) is 10.1. The third kappa shape index (κ3) is 2.22. The molecule has 0 N–H and O–H groups in total. The molecule has 0 aliphatic carbocycles. The van der Waals surface area contributed by atoms with Gasteiger partial charge in [-0.25, -0.2) is 0 Å². The van der Waals surface area contributed by atoms with Crippen molar-refractivity contribution < 1.29 is 17.0 Å². The lowest BCUT2D eigenvalue weighted by molar-refractivity contribution is 0.170. The maximum absolute atomic E-state index is 12.2. The van der Waals surface area contributed by atoms with Gasteiger partial charge in [-0.1, -0.05) is 6.42 Å². The molecule has 0 radical (unpaired) electrons. The van der Waals surface area contributed by atoms with Crippen LogP contribution in [-0.4, -0.2) is 32.2 Å². The standard InChI is InChI=1S/C15H17NO4S/c17-21(18)10-13(16-7-2-1-3-8-16)11-4-5-14-12(6-9-19-14)15(11)20-21/h4-6,9,13H,1-3,7-8,10H2. The summed E-state index contributed by atoms with van der Waals surface area (Å²) in [5.41, 5.74) is 1.61. The van der Waals surface area contributed by atoms with E-state index < -0.39 is 10.1 Å². The molecule has 0 bridgehead atoms. The minimum Gasteiger partial charge on any atom is -0.464 e. The Balaban J connectivity index is 1.86. The van der Waals surface area contributed by atoms with Crippen molar-refractivity contribution in [1.29, 1.82) is 0 Å². The lowest BCUT2D eigenvalue weighted by Crippen LogP contribution is -2.40. The Morgan fingerprint density at radius 1 is 1.10 bits per heavy atom. The Morgan fingerprint density at radius 2 is 1.90 bits per heavy atom. The zero-order valence-electron chi connectivity index (χ0n) is 11.6. The van der Waals surface area contributed by atoms with Gasteiger partial charge >= 0.3 is 10.1 Å². The van der Waals surface area contributed by atoms with Crippen LogP contribution in [0.5, 0.6) is 5.75 Å². The van der Waals surface area contributed by atoms with Crippen LogP contribution in [0, 0.1) is 0 Å². The van der Waals surface area contributed by atoms with Gasteiger partial charge < -0.3 is 8.60 Å². The fraction of sp³-hybridized carbons (Fsp3) is 0.467. The van der Waals surface area contributed by atoms with Gasteiger partial charge in [0.2, 0.25) is 0 Å². The van der Waals surface area contributed by atoms with E-state index in [2.05, 4.69) is 4.90 Å². The predicted octanol–water partition coefficient (Wildman–Crippen LogP) is 2.68. The molecular formula is C15H17NO4S. The Hall–Kier alpha value is -1.53. The first-order valence-corrected chi connectivity index (χ1v) is 8.88. The summed E-state index contributed by atoms with van der Waals surface area (Å²) in [4.78, 5) is 2.27. The third-order valence-corrected chi connectivity index (χ3v) is 5.52. The first-order valence-electron chi connectivity index (χ1n) is 7.30. The van der Waals surface area contributed by atoms with Gasteiger partial charge in [-0.2, -0.15) is 8.42 Å². The molecule has 1 fully saturated rings. The lowest BCUT2D eigenvalue weighted by atomic mass is 10.0. The molecule has 2 aliphatic rings. The summed E-state index contributed by atoms with van der Waals surface area (Å²) >= 11 is 0. The van der Waals surface area contributed by atoms with E-state index >= 15 is 0 Å². The van der Waals surface area contributed by atoms with E-state index in [1.165, 1.54) is 6.42 Å². The van der Waals surface area contributed by atoms with Crippen molar-refractivity contribution in [3.8, 4) is 5.75 Å². The second-order valence-electron chi connectivity index (χ2n) is 5.74. The van der Waals surface area contributed by atoms with Gasteiger partial charge in [-0.3, -0.25) is 4.90 Å². The number of fused-ring (bicyclic) bond motifs is 3. The molecule has 4 rings (SSSR count). The SMILES string of the molecule is O=S1(=O)CC(N2CCCCC2)c2ccc3occc3c2O1. The van der Waals surface area contributed by atoms with Gasteiger partial charge in [-0.15, -0.1) is 0 Å². The average Bonchev–Trinajstić information content (AvgIpc) is 2.95. The summed E-state index contributed by atoms with van der Waals surface area (Å²) in [5.74, 6) is 0.478. The molecule has 21 heavy (non-hydrogen) atoms. The van der Waals surface area contributed by atoms with Gasteiger partial charge in [0.05, 0.1) is 17.7 Å². The minimum absolute atomic E-state index is 0.0311. The summed E-state index contributed by atoms with van der Waals surface area (Å²) in [6.07, 6.45) is 5.03. The van der Waals surface area contributed by atoms with E-state index in [-0.39, 0.29) is 11.8 Å². The van der Waals surface area contributed by atoms with Crippen LogP contribution < -0.4 is 4.18 Å². The van der Waals surface area contributed by atoms with Crippen LogP contribution in [0.1, 0.15) is 30.9 Å². The summed E-state index contributed by atoms with van der Waals surface area (Å²) in [6.45, 7) is 1.89. The average molecular weight is 307 g/mol. The highest BCUT2D eigenvalue weighted by molar-refractivity contribution is 7.87. The molecule has 3 heterocycles. The number of furan rings is 1. The first kappa shape index (κ1) is 13.2. The van der Waals surface area contributed by atoms with Crippen molar-refractivity contribution in [2.24, 2.45) is 0 Å². The highest BCUT2D eigenvalue weighted by Gasteiger charge is 2.36. The molecule has 1 aromatic heterocycles. The molecule has 1 saturated heterocycles. The van der Waals surface area contributed by atoms with E-state index in [1.807, 2.05) is 12.1 Å². The third-order valence-electron chi connectivity index (χ3n) is 4.38. The summed E-state index contributed by atoms with van der Waals surface area (Å²) in [7, 11) is -3.55. The van der Waals surface area contributed by atoms with E-state index in [0.717, 1.165) is 36.9 Å². The molecule has 5 nitrogen and oxygen atoms in total. The molecule has 1 atom stereocenters. The molecular weight excluding hydrogens is 290 g/mol. The number of rotatable bonds is 1. The molecule has 6 heteroatoms. The van der Waals surface area contributed by atoms with Gasteiger partial charge in [0, 0.05) is 5.56 Å². The highest BCUT2D eigenvalue weighted by Crippen LogP contribution is 2.42. The number of likely N-dealkylation sites (tertiary alicyclic amines) is 1. The van der Waals surface area contributed by atoms with Crippen molar-refractivity contribution in [2.45, 2.75) is 25.3 Å². The van der Waals surface area contributed by atoms with E-state index in [0.29, 0.717) is 11.3 Å². The van der Waals surface area contributed by atoms with Crippen molar-refractivity contribution >= 4 is 21.1 Å². The topological polar surface area (TPSA) is 59.8 Å². The van der Waals surface area contributed by atoms with E-state index in [4.69, 9.17) is 8.60 Å². The molecule has 112 valence electrons. The van der Waals surface area contributed by atoms with E-state index in [1.54, 1.807) is 12.3 Å². The van der Waals surface area contributed by atoms with Gasteiger partial charge in [-0.05, 0) is 44.1 Å². The fourth-order valence-electron chi connectivity index (χ4n) is 3.37. The Bertz CT molecular complexity index is 774. The monoisotopic (exact) mass is 307 g/mol. The Kier molecular flexibility index (Phi) is 2.97. The van der Waals surface area contributed by atoms with Gasteiger partial charge in [0.15, 0.2) is 5.75 Å². The summed E-state index contributed by atoms with van der Waals surface area (Å²) in [6, 6.07) is 5.49. The lowest BCUT2D eigenvalue weighted by Gasteiger charge is -2.37. The molecule has 0 amide bonds. The van der Waals surface area contributed by atoms with Gasteiger partial charge in [0.1, 0.15) is 11.3 Å². The van der Waals surface area contributed by atoms with Crippen LogP contribution in [0.2, 0.25) is 0 Å². The molecule has 1 aromatic carbocycles. The van der Waals surface area contributed by atoms with Crippen LogP contribution in [-0.2, 0) is 10.1 Å². The normalized spacial score (nSPS) is 25.4. The summed E-state index contributed by atoms with van der Waals surface area (Å²) in [5, 5.41) is 0.734. The van der Waals surface area contributed by atoms with Crippen LogP contribution in [0.15, 0.2) is 28.9 Å². The number of hydrogen-bond donors (Lipinski definition) is 0. The second kappa shape index (κ2) is 4.74.